The maximum Gasteiger partial charge on any atom is 0.122 e. The number of hydrogen-bond acceptors (Lipinski definition) is 2. The van der Waals surface area contributed by atoms with Crippen molar-refractivity contribution < 1.29 is 4.74 Å². The van der Waals surface area contributed by atoms with Crippen LogP contribution in [-0.2, 0) is 0 Å². The fourth-order valence-electron chi connectivity index (χ4n) is 1.92. The van der Waals surface area contributed by atoms with Gasteiger partial charge in [0.2, 0.25) is 0 Å². The monoisotopic (exact) mass is 249 g/mol. The van der Waals surface area contributed by atoms with E-state index in [2.05, 4.69) is 59.0 Å². The fraction of sp³-hybridized carbons (Fsp3) is 0.625. The van der Waals surface area contributed by atoms with Crippen molar-refractivity contribution in [2.75, 3.05) is 13.2 Å². The van der Waals surface area contributed by atoms with Gasteiger partial charge >= 0.3 is 0 Å². The van der Waals surface area contributed by atoms with Gasteiger partial charge in [-0.05, 0) is 43.0 Å². The summed E-state index contributed by atoms with van der Waals surface area (Å²) in [4.78, 5) is 0. The molecule has 0 bridgehead atoms. The first-order valence-corrected chi connectivity index (χ1v) is 6.78. The van der Waals surface area contributed by atoms with Gasteiger partial charge in [-0.2, -0.15) is 0 Å². The second-order valence-corrected chi connectivity index (χ2v) is 5.99. The Morgan fingerprint density at radius 3 is 2.44 bits per heavy atom. The molecule has 0 radical (unpaired) electrons. The molecule has 0 aliphatic carbocycles. The summed E-state index contributed by atoms with van der Waals surface area (Å²) in [5.41, 5.74) is 2.72. The predicted octanol–water partition coefficient (Wildman–Crippen LogP) is 3.71. The highest BCUT2D eigenvalue weighted by Gasteiger charge is 2.24. The summed E-state index contributed by atoms with van der Waals surface area (Å²) in [5.74, 6) is 1.00. The quantitative estimate of drug-likeness (QED) is 0.859. The average Bonchev–Trinajstić information content (AvgIpc) is 2.28. The van der Waals surface area contributed by atoms with Crippen LogP contribution in [0.3, 0.4) is 0 Å². The molecular weight excluding hydrogens is 222 g/mol. The maximum absolute atomic E-state index is 6.00. The van der Waals surface area contributed by atoms with Gasteiger partial charge in [-0.1, -0.05) is 39.8 Å². The van der Waals surface area contributed by atoms with Gasteiger partial charge in [0.15, 0.2) is 0 Å². The average molecular weight is 249 g/mol. The summed E-state index contributed by atoms with van der Waals surface area (Å²) in [6, 6.07) is 6.58. The lowest BCUT2D eigenvalue weighted by Crippen LogP contribution is -2.44. The van der Waals surface area contributed by atoms with Gasteiger partial charge < -0.3 is 10.1 Å². The largest absolute Gasteiger partial charge is 0.492 e. The third kappa shape index (κ3) is 4.02. The zero-order valence-corrected chi connectivity index (χ0v) is 12.6. The smallest absolute Gasteiger partial charge is 0.122 e. The van der Waals surface area contributed by atoms with Crippen molar-refractivity contribution in [3.63, 3.8) is 0 Å². The summed E-state index contributed by atoms with van der Waals surface area (Å²) in [7, 11) is 0. The summed E-state index contributed by atoms with van der Waals surface area (Å²) in [5, 5.41) is 3.50. The molecule has 2 nitrogen and oxygen atoms in total. The minimum absolute atomic E-state index is 0.202. The molecule has 0 spiro atoms. The molecule has 1 N–H and O–H groups in total. The van der Waals surface area contributed by atoms with Crippen molar-refractivity contribution >= 4 is 0 Å². The summed E-state index contributed by atoms with van der Waals surface area (Å²) < 4.78 is 6.00. The highest BCUT2D eigenvalue weighted by atomic mass is 16.5. The SMILES string of the molecule is CCNC(COc1cccc(C)c1C)C(C)(C)C. The van der Waals surface area contributed by atoms with Crippen LogP contribution in [0, 0.1) is 19.3 Å². The molecule has 18 heavy (non-hydrogen) atoms. The van der Waals surface area contributed by atoms with E-state index in [-0.39, 0.29) is 5.41 Å². The molecule has 0 aromatic heterocycles. The molecule has 1 aromatic carbocycles. The van der Waals surface area contributed by atoms with Crippen LogP contribution in [0.25, 0.3) is 0 Å². The van der Waals surface area contributed by atoms with Crippen molar-refractivity contribution in [2.45, 2.75) is 47.6 Å². The first-order valence-electron chi connectivity index (χ1n) is 6.78. The van der Waals surface area contributed by atoms with Crippen LogP contribution in [0.15, 0.2) is 18.2 Å². The summed E-state index contributed by atoms with van der Waals surface area (Å²) >= 11 is 0. The molecule has 1 atom stereocenters. The molecule has 0 aliphatic rings. The van der Waals surface area contributed by atoms with Gasteiger partial charge in [-0.15, -0.1) is 0 Å². The van der Waals surface area contributed by atoms with Crippen LogP contribution < -0.4 is 10.1 Å². The topological polar surface area (TPSA) is 21.3 Å². The summed E-state index contributed by atoms with van der Waals surface area (Å²) in [6.07, 6.45) is 0. The zero-order chi connectivity index (χ0) is 13.8. The van der Waals surface area contributed by atoms with Crippen LogP contribution in [0.1, 0.15) is 38.8 Å². The van der Waals surface area contributed by atoms with Crippen molar-refractivity contribution in [2.24, 2.45) is 5.41 Å². The van der Waals surface area contributed by atoms with Gasteiger partial charge in [0.25, 0.3) is 0 Å². The Morgan fingerprint density at radius 2 is 1.89 bits per heavy atom. The minimum atomic E-state index is 0.202. The van der Waals surface area contributed by atoms with Crippen LogP contribution in [0.4, 0.5) is 0 Å². The molecule has 102 valence electrons. The standard InChI is InChI=1S/C16H27NO/c1-7-17-15(16(4,5)6)11-18-14-10-8-9-12(2)13(14)3/h8-10,15,17H,7,11H2,1-6H3. The zero-order valence-electron chi connectivity index (χ0n) is 12.6. The Balaban J connectivity index is 2.70. The van der Waals surface area contributed by atoms with Gasteiger partial charge in [-0.3, -0.25) is 0 Å². The number of likely N-dealkylation sites (N-methyl/N-ethyl adjacent to an activating group) is 1. The van der Waals surface area contributed by atoms with Gasteiger partial charge in [-0.25, -0.2) is 0 Å². The van der Waals surface area contributed by atoms with E-state index in [1.54, 1.807) is 0 Å². The number of rotatable bonds is 5. The first-order chi connectivity index (χ1) is 8.36. The number of ether oxygens (including phenoxy) is 1. The Labute approximate surface area is 112 Å². The molecule has 2 heteroatoms. The molecular formula is C16H27NO. The number of hydrogen-bond donors (Lipinski definition) is 1. The molecule has 1 rings (SSSR count). The van der Waals surface area contributed by atoms with Crippen molar-refractivity contribution in [3.8, 4) is 5.75 Å². The van der Waals surface area contributed by atoms with E-state index in [1.165, 1.54) is 11.1 Å². The molecule has 0 amide bonds. The molecule has 0 fully saturated rings. The summed E-state index contributed by atoms with van der Waals surface area (Å²) in [6.45, 7) is 14.8. The van der Waals surface area contributed by atoms with E-state index in [0.29, 0.717) is 12.6 Å². The Kier molecular flexibility index (Phi) is 5.21. The van der Waals surface area contributed by atoms with Gasteiger partial charge in [0.05, 0.1) is 0 Å². The molecule has 0 saturated carbocycles. The Morgan fingerprint density at radius 1 is 1.22 bits per heavy atom. The van der Waals surface area contributed by atoms with Gasteiger partial charge in [0.1, 0.15) is 12.4 Å². The lowest BCUT2D eigenvalue weighted by Gasteiger charge is -2.31. The second kappa shape index (κ2) is 6.24. The molecule has 0 saturated heterocycles. The minimum Gasteiger partial charge on any atom is -0.492 e. The van der Waals surface area contributed by atoms with Crippen LogP contribution >= 0.6 is 0 Å². The van der Waals surface area contributed by atoms with Crippen molar-refractivity contribution in [3.05, 3.63) is 29.3 Å². The number of nitrogens with one attached hydrogen (secondary N) is 1. The predicted molar refractivity (Wildman–Crippen MR) is 78.3 cm³/mol. The van der Waals surface area contributed by atoms with E-state index in [1.807, 2.05) is 6.07 Å². The molecule has 1 unspecified atom stereocenters. The lowest BCUT2D eigenvalue weighted by molar-refractivity contribution is 0.175. The third-order valence-corrected chi connectivity index (χ3v) is 3.46. The van der Waals surface area contributed by atoms with E-state index in [4.69, 9.17) is 4.74 Å². The van der Waals surface area contributed by atoms with E-state index < -0.39 is 0 Å². The molecule has 0 heterocycles. The third-order valence-electron chi connectivity index (χ3n) is 3.46. The lowest BCUT2D eigenvalue weighted by atomic mass is 9.87. The fourth-order valence-corrected chi connectivity index (χ4v) is 1.92. The highest BCUT2D eigenvalue weighted by Crippen LogP contribution is 2.24. The molecule has 0 aliphatic heterocycles. The molecule has 1 aromatic rings. The van der Waals surface area contributed by atoms with Crippen LogP contribution in [0.5, 0.6) is 5.75 Å². The van der Waals surface area contributed by atoms with Crippen LogP contribution in [-0.4, -0.2) is 19.2 Å². The second-order valence-electron chi connectivity index (χ2n) is 5.99. The number of aryl methyl sites for hydroxylation is 1. The van der Waals surface area contributed by atoms with E-state index in [0.717, 1.165) is 12.3 Å². The maximum atomic E-state index is 6.00. The van der Waals surface area contributed by atoms with Crippen LogP contribution in [0.2, 0.25) is 0 Å². The van der Waals surface area contributed by atoms with Crippen molar-refractivity contribution in [1.82, 2.24) is 5.32 Å². The highest BCUT2D eigenvalue weighted by molar-refractivity contribution is 5.38. The van der Waals surface area contributed by atoms with Gasteiger partial charge in [0, 0.05) is 6.04 Å². The van der Waals surface area contributed by atoms with Crippen molar-refractivity contribution in [1.29, 1.82) is 0 Å². The normalized spacial score (nSPS) is 13.4. The number of benzene rings is 1. The Bertz CT molecular complexity index is 379. The Hall–Kier alpha value is -1.02. The van der Waals surface area contributed by atoms with E-state index >= 15 is 0 Å². The first kappa shape index (κ1) is 15.0. The van der Waals surface area contributed by atoms with E-state index in [9.17, 15) is 0 Å².